The van der Waals surface area contributed by atoms with E-state index in [4.69, 9.17) is 0 Å². The van der Waals surface area contributed by atoms with Crippen molar-refractivity contribution in [3.05, 3.63) is 39.4 Å². The van der Waals surface area contributed by atoms with Crippen LogP contribution >= 0.6 is 12.2 Å². The highest BCUT2D eigenvalue weighted by Gasteiger charge is 2.19. The number of carbonyl (C=O) groups excluding carboxylic acids is 1. The first-order chi connectivity index (χ1) is 7.06. The molecule has 0 unspecified atom stereocenters. The second-order valence-corrected chi connectivity index (χ2v) is 2.97. The van der Waals surface area contributed by atoms with Crippen molar-refractivity contribution in [1.82, 2.24) is 0 Å². The van der Waals surface area contributed by atoms with Gasteiger partial charge in [-0.15, -0.1) is 0 Å². The average molecular weight is 222 g/mol. The topological polar surface area (TPSA) is 72.6 Å². The molecule has 1 aromatic rings. The summed E-state index contributed by atoms with van der Waals surface area (Å²) in [6.45, 7) is 1.72. The molecule has 0 aliphatic carbocycles. The lowest BCUT2D eigenvalue weighted by molar-refractivity contribution is -0.385. The summed E-state index contributed by atoms with van der Waals surface area (Å²) in [5, 5.41) is 12.5. The van der Waals surface area contributed by atoms with Crippen molar-refractivity contribution in [3.63, 3.8) is 0 Å². The van der Waals surface area contributed by atoms with Crippen molar-refractivity contribution in [2.45, 2.75) is 6.92 Å². The highest BCUT2D eigenvalue weighted by Crippen LogP contribution is 2.20. The number of carbonyl (C=O) groups is 1. The van der Waals surface area contributed by atoms with Gasteiger partial charge in [0.15, 0.2) is 0 Å². The van der Waals surface area contributed by atoms with E-state index in [1.165, 1.54) is 12.1 Å². The van der Waals surface area contributed by atoms with Gasteiger partial charge in [-0.05, 0) is 30.8 Å². The largest absolute Gasteiger partial charge is 0.292 e. The molecule has 5 nitrogen and oxygen atoms in total. The lowest BCUT2D eigenvalue weighted by atomic mass is 10.1. The van der Waals surface area contributed by atoms with E-state index in [2.05, 4.69) is 17.2 Å². The van der Waals surface area contributed by atoms with Crippen LogP contribution in [0.5, 0.6) is 0 Å². The Kier molecular flexibility index (Phi) is 3.38. The third-order valence-electron chi connectivity index (χ3n) is 1.73. The van der Waals surface area contributed by atoms with Crippen LogP contribution < -0.4 is 0 Å². The minimum Gasteiger partial charge on any atom is -0.266 e. The molecule has 0 aliphatic heterocycles. The standard InChI is InChI=1S/C9H6N2O3S/c1-6-2-3-8(11(13)14)7(4-6)9(12)10-5-15/h2-4H,1H3. The maximum Gasteiger partial charge on any atom is 0.292 e. The van der Waals surface area contributed by atoms with Crippen LogP contribution in [0.15, 0.2) is 23.2 Å². The number of benzene rings is 1. The second-order valence-electron chi connectivity index (χ2n) is 2.79. The molecule has 0 aliphatic rings. The molecule has 6 heteroatoms. The first kappa shape index (κ1) is 11.2. The van der Waals surface area contributed by atoms with Gasteiger partial charge in [0.25, 0.3) is 11.6 Å². The zero-order valence-electron chi connectivity index (χ0n) is 7.76. The maximum atomic E-state index is 11.3. The van der Waals surface area contributed by atoms with Crippen molar-refractivity contribution in [3.8, 4) is 0 Å². The fraction of sp³-hybridized carbons (Fsp3) is 0.111. The van der Waals surface area contributed by atoms with E-state index in [9.17, 15) is 14.9 Å². The van der Waals surface area contributed by atoms with Crippen LogP contribution in [0.4, 0.5) is 5.69 Å². The number of hydrogen-bond donors (Lipinski definition) is 0. The second kappa shape index (κ2) is 4.54. The van der Waals surface area contributed by atoms with Crippen LogP contribution in [-0.2, 0) is 0 Å². The summed E-state index contributed by atoms with van der Waals surface area (Å²) in [5.41, 5.74) is 0.389. The van der Waals surface area contributed by atoms with Gasteiger partial charge in [0.2, 0.25) is 0 Å². The normalized spacial score (nSPS) is 9.13. The number of nitro groups is 1. The van der Waals surface area contributed by atoms with Gasteiger partial charge < -0.3 is 0 Å². The van der Waals surface area contributed by atoms with Gasteiger partial charge in [-0.25, -0.2) is 0 Å². The van der Waals surface area contributed by atoms with Gasteiger partial charge >= 0.3 is 0 Å². The van der Waals surface area contributed by atoms with E-state index in [-0.39, 0.29) is 11.3 Å². The molecule has 0 heterocycles. The molecule has 0 saturated carbocycles. The van der Waals surface area contributed by atoms with Gasteiger partial charge in [0.1, 0.15) is 5.56 Å². The molecule has 76 valence electrons. The average Bonchev–Trinajstić information content (AvgIpc) is 2.17. The van der Waals surface area contributed by atoms with Crippen molar-refractivity contribution in [1.29, 1.82) is 0 Å². The minimum absolute atomic E-state index is 0.0719. The monoisotopic (exact) mass is 222 g/mol. The third-order valence-corrected chi connectivity index (χ3v) is 1.82. The minimum atomic E-state index is -0.750. The zero-order chi connectivity index (χ0) is 11.4. The van der Waals surface area contributed by atoms with Crippen LogP contribution in [0, 0.1) is 17.0 Å². The molecule has 0 spiro atoms. The van der Waals surface area contributed by atoms with E-state index < -0.39 is 10.8 Å². The van der Waals surface area contributed by atoms with Crippen LogP contribution in [0.1, 0.15) is 15.9 Å². The fourth-order valence-electron chi connectivity index (χ4n) is 1.08. The lowest BCUT2D eigenvalue weighted by Crippen LogP contribution is -2.01. The summed E-state index contributed by atoms with van der Waals surface area (Å²) in [6, 6.07) is 4.22. The molecule has 15 heavy (non-hydrogen) atoms. The molecular weight excluding hydrogens is 216 g/mol. The highest BCUT2D eigenvalue weighted by molar-refractivity contribution is 7.78. The molecule has 1 rings (SSSR count). The molecule has 0 fully saturated rings. The zero-order valence-corrected chi connectivity index (χ0v) is 8.58. The Bertz CT molecular complexity index is 478. The molecule has 0 atom stereocenters. The number of aryl methyl sites for hydroxylation is 1. The highest BCUT2D eigenvalue weighted by atomic mass is 32.1. The molecule has 0 bridgehead atoms. The summed E-state index contributed by atoms with van der Waals surface area (Å²) in [5.74, 6) is -0.750. The summed E-state index contributed by atoms with van der Waals surface area (Å²) in [6.07, 6.45) is 0. The van der Waals surface area contributed by atoms with Gasteiger partial charge in [-0.2, -0.15) is 4.99 Å². The quantitative estimate of drug-likeness (QED) is 0.332. The van der Waals surface area contributed by atoms with Crippen LogP contribution in [0.3, 0.4) is 0 Å². The van der Waals surface area contributed by atoms with E-state index in [1.54, 1.807) is 13.0 Å². The number of isothiocyanates is 1. The van der Waals surface area contributed by atoms with Crippen LogP contribution in [0.2, 0.25) is 0 Å². The first-order valence-electron chi connectivity index (χ1n) is 3.93. The Morgan fingerprint density at radius 1 is 1.60 bits per heavy atom. The maximum absolute atomic E-state index is 11.3. The number of rotatable bonds is 2. The van der Waals surface area contributed by atoms with Gasteiger partial charge in [-0.1, -0.05) is 6.07 Å². The Balaban J connectivity index is 3.36. The lowest BCUT2D eigenvalue weighted by Gasteiger charge is -1.98. The number of nitrogens with zero attached hydrogens (tertiary/aromatic N) is 2. The van der Waals surface area contributed by atoms with Gasteiger partial charge in [-0.3, -0.25) is 14.9 Å². The summed E-state index contributed by atoms with van der Waals surface area (Å²) < 4.78 is 0. The van der Waals surface area contributed by atoms with Crippen molar-refractivity contribution < 1.29 is 9.72 Å². The number of aliphatic imine (C=N–C) groups is 1. The molecule has 0 aromatic heterocycles. The SMILES string of the molecule is Cc1ccc([N+](=O)[O-])c(C(=O)N=C=S)c1. The predicted molar refractivity (Wildman–Crippen MR) is 57.2 cm³/mol. The van der Waals surface area contributed by atoms with E-state index in [1.807, 2.05) is 5.16 Å². The van der Waals surface area contributed by atoms with Crippen molar-refractivity contribution >= 4 is 29.0 Å². The fourth-order valence-corrected chi connectivity index (χ4v) is 1.16. The number of hydrogen-bond acceptors (Lipinski definition) is 4. The van der Waals surface area contributed by atoms with Crippen LogP contribution in [-0.4, -0.2) is 16.0 Å². The van der Waals surface area contributed by atoms with E-state index in [0.717, 1.165) is 5.56 Å². The van der Waals surface area contributed by atoms with Gasteiger partial charge in [0, 0.05) is 6.07 Å². The summed E-state index contributed by atoms with van der Waals surface area (Å²) >= 11 is 4.26. The van der Waals surface area contributed by atoms with Crippen molar-refractivity contribution in [2.75, 3.05) is 0 Å². The van der Waals surface area contributed by atoms with Crippen molar-refractivity contribution in [2.24, 2.45) is 4.99 Å². The molecule has 0 saturated heterocycles. The van der Waals surface area contributed by atoms with E-state index >= 15 is 0 Å². The molecule has 0 N–H and O–H groups in total. The van der Waals surface area contributed by atoms with E-state index in [0.29, 0.717) is 0 Å². The Morgan fingerprint density at radius 2 is 2.27 bits per heavy atom. The van der Waals surface area contributed by atoms with Crippen LogP contribution in [0.25, 0.3) is 0 Å². The predicted octanol–water partition coefficient (Wildman–Crippen LogP) is 2.15. The summed E-state index contributed by atoms with van der Waals surface area (Å²) in [4.78, 5) is 24.5. The molecule has 1 amide bonds. The summed E-state index contributed by atoms with van der Waals surface area (Å²) in [7, 11) is 0. The molecular formula is C9H6N2O3S. The Morgan fingerprint density at radius 3 is 2.80 bits per heavy atom. The number of nitro benzene ring substituents is 1. The number of thiocarbonyl (C=S) groups is 1. The smallest absolute Gasteiger partial charge is 0.266 e. The molecule has 0 radical (unpaired) electrons. The Hall–Kier alpha value is -1.91. The van der Waals surface area contributed by atoms with Gasteiger partial charge in [0.05, 0.1) is 10.1 Å². The first-order valence-corrected chi connectivity index (χ1v) is 4.34. The number of amides is 1. The Labute approximate surface area is 90.6 Å². The third kappa shape index (κ3) is 2.52. The molecule has 1 aromatic carbocycles.